The van der Waals surface area contributed by atoms with Gasteiger partial charge in [-0.15, -0.1) is 0 Å². The maximum atomic E-state index is 10.6. The average Bonchev–Trinajstić information content (AvgIpc) is 1.85. The molecule has 0 aromatic heterocycles. The molecule has 0 radical (unpaired) electrons. The van der Waals surface area contributed by atoms with E-state index in [4.69, 9.17) is 21.2 Å². The molecule has 0 aliphatic carbocycles. The second-order valence-corrected chi connectivity index (χ2v) is 3.74. The summed E-state index contributed by atoms with van der Waals surface area (Å²) < 4.78 is 29.7. The number of nitrogens with zero attached hydrogens (tertiary/aromatic N) is 1. The summed E-state index contributed by atoms with van der Waals surface area (Å²) in [4.78, 5) is 0. The molecule has 1 unspecified atom stereocenters. The van der Waals surface area contributed by atoms with Gasteiger partial charge < -0.3 is 10.8 Å². The Morgan fingerprint density at radius 2 is 2.00 bits per heavy atom. The van der Waals surface area contributed by atoms with Crippen LogP contribution in [-0.4, -0.2) is 48.2 Å². The van der Waals surface area contributed by atoms with Gasteiger partial charge in [-0.1, -0.05) is 0 Å². The van der Waals surface area contributed by atoms with Crippen molar-refractivity contribution in [2.75, 3.05) is 19.7 Å². The van der Waals surface area contributed by atoms with Crippen molar-refractivity contribution < 1.29 is 18.1 Å². The zero-order valence-electron chi connectivity index (χ0n) is 6.42. The minimum Gasteiger partial charge on any atom is -0.395 e. The highest BCUT2D eigenvalue weighted by Gasteiger charge is 2.25. The van der Waals surface area contributed by atoms with Crippen LogP contribution < -0.4 is 11.6 Å². The number of hydrogen-bond donors (Lipinski definition) is 4. The van der Waals surface area contributed by atoms with Crippen LogP contribution in [0.2, 0.25) is 0 Å². The lowest BCUT2D eigenvalue weighted by Crippen LogP contribution is -2.50. The number of aliphatic hydroxyl groups excluding tert-OH is 1. The van der Waals surface area contributed by atoms with Gasteiger partial charge in [-0.05, 0) is 0 Å². The third-order valence-electron chi connectivity index (χ3n) is 1.27. The van der Waals surface area contributed by atoms with E-state index in [-0.39, 0.29) is 19.7 Å². The molecule has 0 aliphatic heterocycles. The number of rotatable bonds is 5. The van der Waals surface area contributed by atoms with Crippen molar-refractivity contribution in [3.8, 4) is 0 Å². The highest BCUT2D eigenvalue weighted by molar-refractivity contribution is 7.86. The van der Waals surface area contributed by atoms with Crippen LogP contribution in [0, 0.1) is 0 Å². The SMILES string of the molecule is NCC(N(N)CCO)S(=O)(=O)O. The Labute approximate surface area is 70.7 Å². The largest absolute Gasteiger partial charge is 0.395 e. The van der Waals surface area contributed by atoms with E-state index >= 15 is 0 Å². The standard InChI is InChI=1S/C4H13N3O4S/c5-3-4(12(9,10)11)7(6)1-2-8/h4,8H,1-3,5-6H2,(H,9,10,11). The van der Waals surface area contributed by atoms with Gasteiger partial charge >= 0.3 is 0 Å². The Bertz CT molecular complexity index is 216. The van der Waals surface area contributed by atoms with Crippen molar-refractivity contribution in [1.82, 2.24) is 5.01 Å². The molecule has 0 spiro atoms. The predicted octanol–water partition coefficient (Wildman–Crippen LogP) is -2.67. The number of hydrazine groups is 1. The highest BCUT2D eigenvalue weighted by atomic mass is 32.2. The number of nitrogens with two attached hydrogens (primary N) is 2. The first-order valence-corrected chi connectivity index (χ1v) is 4.72. The maximum absolute atomic E-state index is 10.6. The molecule has 0 aliphatic rings. The van der Waals surface area contributed by atoms with E-state index in [0.29, 0.717) is 0 Å². The van der Waals surface area contributed by atoms with Gasteiger partial charge in [0.05, 0.1) is 6.61 Å². The summed E-state index contributed by atoms with van der Waals surface area (Å²) >= 11 is 0. The van der Waals surface area contributed by atoms with Crippen LogP contribution in [0.15, 0.2) is 0 Å². The van der Waals surface area contributed by atoms with E-state index in [1.54, 1.807) is 0 Å². The zero-order chi connectivity index (χ0) is 9.78. The molecule has 74 valence electrons. The molecule has 0 saturated heterocycles. The summed E-state index contributed by atoms with van der Waals surface area (Å²) in [5.74, 6) is 5.18. The molecule has 0 fully saturated rings. The van der Waals surface area contributed by atoms with Crippen molar-refractivity contribution in [2.24, 2.45) is 11.6 Å². The Morgan fingerprint density at radius 3 is 2.25 bits per heavy atom. The summed E-state index contributed by atoms with van der Waals surface area (Å²) in [6.45, 7) is -0.695. The highest BCUT2D eigenvalue weighted by Crippen LogP contribution is 1.99. The van der Waals surface area contributed by atoms with E-state index in [2.05, 4.69) is 0 Å². The molecule has 0 saturated carbocycles. The molecule has 0 aromatic carbocycles. The Kier molecular flexibility index (Phi) is 4.60. The van der Waals surface area contributed by atoms with Crippen LogP contribution in [0.4, 0.5) is 0 Å². The molecule has 0 rings (SSSR count). The van der Waals surface area contributed by atoms with Crippen LogP contribution in [-0.2, 0) is 10.1 Å². The van der Waals surface area contributed by atoms with Gasteiger partial charge in [0.2, 0.25) is 0 Å². The van der Waals surface area contributed by atoms with Gasteiger partial charge in [-0.2, -0.15) is 8.42 Å². The van der Waals surface area contributed by atoms with E-state index < -0.39 is 15.5 Å². The second kappa shape index (κ2) is 4.70. The van der Waals surface area contributed by atoms with Crippen molar-refractivity contribution >= 4 is 10.1 Å². The van der Waals surface area contributed by atoms with Crippen LogP contribution >= 0.6 is 0 Å². The predicted molar refractivity (Wildman–Crippen MR) is 42.4 cm³/mol. The molecule has 1 atom stereocenters. The minimum absolute atomic E-state index is 0.0678. The summed E-state index contributed by atoms with van der Waals surface area (Å²) in [5.41, 5.74) is 5.05. The van der Waals surface area contributed by atoms with E-state index in [0.717, 1.165) is 5.01 Å². The van der Waals surface area contributed by atoms with Crippen LogP contribution in [0.3, 0.4) is 0 Å². The van der Waals surface area contributed by atoms with Crippen LogP contribution in [0.5, 0.6) is 0 Å². The molecular weight excluding hydrogens is 186 g/mol. The average molecular weight is 199 g/mol. The molecule has 6 N–H and O–H groups in total. The fourth-order valence-electron chi connectivity index (χ4n) is 0.688. The Morgan fingerprint density at radius 1 is 1.50 bits per heavy atom. The lowest BCUT2D eigenvalue weighted by atomic mass is 10.5. The summed E-state index contributed by atoms with van der Waals surface area (Å²) in [6.07, 6.45) is 0. The summed E-state index contributed by atoms with van der Waals surface area (Å²) in [7, 11) is -4.27. The van der Waals surface area contributed by atoms with Crippen molar-refractivity contribution in [3.63, 3.8) is 0 Å². The third-order valence-corrected chi connectivity index (χ3v) is 2.42. The molecular formula is C4H13N3O4S. The topological polar surface area (TPSA) is 130 Å². The van der Waals surface area contributed by atoms with Gasteiger partial charge in [-0.3, -0.25) is 10.4 Å². The van der Waals surface area contributed by atoms with Gasteiger partial charge in [-0.25, -0.2) is 5.01 Å². The fraction of sp³-hybridized carbons (Fsp3) is 1.00. The third kappa shape index (κ3) is 3.43. The first-order chi connectivity index (χ1) is 5.43. The Hall–Kier alpha value is -0.250. The van der Waals surface area contributed by atoms with Crippen LogP contribution in [0.25, 0.3) is 0 Å². The van der Waals surface area contributed by atoms with E-state index in [9.17, 15) is 8.42 Å². The van der Waals surface area contributed by atoms with Gasteiger partial charge in [0.1, 0.15) is 0 Å². The second-order valence-electron chi connectivity index (χ2n) is 2.17. The van der Waals surface area contributed by atoms with Crippen molar-refractivity contribution in [3.05, 3.63) is 0 Å². The lowest BCUT2D eigenvalue weighted by molar-refractivity contribution is 0.182. The first kappa shape index (κ1) is 11.8. The number of aliphatic hydroxyl groups is 1. The molecule has 0 amide bonds. The maximum Gasteiger partial charge on any atom is 0.283 e. The molecule has 0 bridgehead atoms. The van der Waals surface area contributed by atoms with Crippen molar-refractivity contribution in [2.45, 2.75) is 5.37 Å². The molecule has 12 heavy (non-hydrogen) atoms. The molecule has 8 heteroatoms. The number of hydrogen-bond acceptors (Lipinski definition) is 6. The zero-order valence-corrected chi connectivity index (χ0v) is 7.24. The van der Waals surface area contributed by atoms with Gasteiger partial charge in [0, 0.05) is 13.1 Å². The molecule has 7 nitrogen and oxygen atoms in total. The van der Waals surface area contributed by atoms with Crippen molar-refractivity contribution in [1.29, 1.82) is 0 Å². The smallest absolute Gasteiger partial charge is 0.283 e. The lowest BCUT2D eigenvalue weighted by Gasteiger charge is -2.22. The fourth-order valence-corrected chi connectivity index (χ4v) is 1.38. The molecule has 0 aromatic rings. The van der Waals surface area contributed by atoms with E-state index in [1.165, 1.54) is 0 Å². The van der Waals surface area contributed by atoms with Gasteiger partial charge in [0.15, 0.2) is 5.37 Å². The Balaban J connectivity index is 4.35. The van der Waals surface area contributed by atoms with Gasteiger partial charge in [0.25, 0.3) is 10.1 Å². The van der Waals surface area contributed by atoms with Crippen LogP contribution in [0.1, 0.15) is 0 Å². The monoisotopic (exact) mass is 199 g/mol. The normalized spacial score (nSPS) is 15.1. The quantitative estimate of drug-likeness (QED) is 0.216. The van der Waals surface area contributed by atoms with E-state index in [1.807, 2.05) is 0 Å². The summed E-state index contributed by atoms with van der Waals surface area (Å²) in [5, 5.41) is 7.82. The minimum atomic E-state index is -4.27. The molecule has 0 heterocycles. The summed E-state index contributed by atoms with van der Waals surface area (Å²) in [6, 6.07) is 0. The first-order valence-electron chi connectivity index (χ1n) is 3.22.